The third kappa shape index (κ3) is 4.67. The van der Waals surface area contributed by atoms with Gasteiger partial charge in [0.05, 0.1) is 5.60 Å². The maximum Gasteiger partial charge on any atom is 0.126 e. The summed E-state index contributed by atoms with van der Waals surface area (Å²) in [5, 5.41) is 11.0. The number of benzene rings is 1. The molecule has 0 saturated heterocycles. The zero-order valence-electron chi connectivity index (χ0n) is 13.0. The van der Waals surface area contributed by atoms with E-state index >= 15 is 0 Å². The Morgan fingerprint density at radius 3 is 2.67 bits per heavy atom. The van der Waals surface area contributed by atoms with Crippen LogP contribution in [0.5, 0.6) is 0 Å². The number of aliphatic hydroxyl groups is 1. The van der Waals surface area contributed by atoms with Crippen molar-refractivity contribution in [1.82, 2.24) is 4.90 Å². The Kier molecular flexibility index (Phi) is 7.11. The molecule has 0 aromatic heterocycles. The topological polar surface area (TPSA) is 23.5 Å². The molecular formula is C17H27ClFNO. The minimum Gasteiger partial charge on any atom is -0.389 e. The first-order valence-electron chi connectivity index (χ1n) is 7.64. The highest BCUT2D eigenvalue weighted by Crippen LogP contribution is 2.44. The SMILES string of the molecule is CN(C)CCCC1(O)CCCCC1c1ccccc1F.Cl. The van der Waals surface area contributed by atoms with E-state index in [1.54, 1.807) is 6.07 Å². The molecule has 1 aliphatic rings. The molecule has 1 N–H and O–H groups in total. The summed E-state index contributed by atoms with van der Waals surface area (Å²) in [5.74, 6) is -0.231. The van der Waals surface area contributed by atoms with Gasteiger partial charge in [-0.05, 0) is 58.0 Å². The van der Waals surface area contributed by atoms with Crippen molar-refractivity contribution in [2.24, 2.45) is 0 Å². The fourth-order valence-corrected chi connectivity index (χ4v) is 3.43. The summed E-state index contributed by atoms with van der Waals surface area (Å²) in [6.45, 7) is 0.965. The summed E-state index contributed by atoms with van der Waals surface area (Å²) >= 11 is 0. The monoisotopic (exact) mass is 315 g/mol. The average Bonchev–Trinajstić information content (AvgIpc) is 2.40. The van der Waals surface area contributed by atoms with E-state index in [-0.39, 0.29) is 24.1 Å². The van der Waals surface area contributed by atoms with Crippen LogP contribution < -0.4 is 0 Å². The maximum absolute atomic E-state index is 14.0. The molecule has 2 unspecified atom stereocenters. The molecule has 0 radical (unpaired) electrons. The fraction of sp³-hybridized carbons (Fsp3) is 0.647. The highest BCUT2D eigenvalue weighted by Gasteiger charge is 2.40. The summed E-state index contributed by atoms with van der Waals surface area (Å²) in [7, 11) is 4.08. The van der Waals surface area contributed by atoms with Crippen molar-refractivity contribution < 1.29 is 9.50 Å². The van der Waals surface area contributed by atoms with E-state index < -0.39 is 5.60 Å². The Morgan fingerprint density at radius 2 is 2.00 bits per heavy atom. The van der Waals surface area contributed by atoms with Crippen LogP contribution in [0.3, 0.4) is 0 Å². The number of hydrogen-bond acceptors (Lipinski definition) is 2. The quantitative estimate of drug-likeness (QED) is 0.888. The van der Waals surface area contributed by atoms with Crippen LogP contribution in [0.4, 0.5) is 4.39 Å². The Labute approximate surface area is 133 Å². The molecule has 2 nitrogen and oxygen atoms in total. The lowest BCUT2D eigenvalue weighted by atomic mass is 9.70. The van der Waals surface area contributed by atoms with E-state index in [9.17, 15) is 9.50 Å². The van der Waals surface area contributed by atoms with Crippen LogP contribution >= 0.6 is 12.4 Å². The Balaban J connectivity index is 0.00000220. The molecule has 0 amide bonds. The van der Waals surface area contributed by atoms with Crippen molar-refractivity contribution in [3.05, 3.63) is 35.6 Å². The minimum absolute atomic E-state index is 0. The molecule has 1 fully saturated rings. The van der Waals surface area contributed by atoms with Gasteiger partial charge in [-0.25, -0.2) is 4.39 Å². The number of rotatable bonds is 5. The molecule has 21 heavy (non-hydrogen) atoms. The van der Waals surface area contributed by atoms with Crippen molar-refractivity contribution in [1.29, 1.82) is 0 Å². The van der Waals surface area contributed by atoms with Gasteiger partial charge in [-0.2, -0.15) is 0 Å². The third-order valence-electron chi connectivity index (χ3n) is 4.50. The second-order valence-electron chi connectivity index (χ2n) is 6.33. The Hall–Kier alpha value is -0.640. The van der Waals surface area contributed by atoms with Gasteiger partial charge in [0.25, 0.3) is 0 Å². The molecule has 1 aromatic carbocycles. The summed E-state index contributed by atoms with van der Waals surface area (Å²) < 4.78 is 14.0. The summed E-state index contributed by atoms with van der Waals surface area (Å²) in [4.78, 5) is 2.13. The molecule has 0 bridgehead atoms. The summed E-state index contributed by atoms with van der Waals surface area (Å²) in [6.07, 6.45) is 5.51. The van der Waals surface area contributed by atoms with Gasteiger partial charge in [-0.1, -0.05) is 31.0 Å². The van der Waals surface area contributed by atoms with Crippen molar-refractivity contribution in [2.45, 2.75) is 50.0 Å². The van der Waals surface area contributed by atoms with E-state index in [1.165, 1.54) is 6.07 Å². The summed E-state index contributed by atoms with van der Waals surface area (Å²) in [5.41, 5.74) is -0.0456. The number of hydrogen-bond donors (Lipinski definition) is 1. The van der Waals surface area contributed by atoms with Crippen molar-refractivity contribution in [3.63, 3.8) is 0 Å². The highest BCUT2D eigenvalue weighted by atomic mass is 35.5. The molecule has 0 spiro atoms. The van der Waals surface area contributed by atoms with Gasteiger partial charge in [-0.3, -0.25) is 0 Å². The van der Waals surface area contributed by atoms with Crippen LogP contribution in [0.2, 0.25) is 0 Å². The molecule has 2 atom stereocenters. The smallest absolute Gasteiger partial charge is 0.126 e. The van der Waals surface area contributed by atoms with E-state index in [0.29, 0.717) is 5.56 Å². The highest BCUT2D eigenvalue weighted by molar-refractivity contribution is 5.85. The number of halogens is 2. The number of nitrogens with zero attached hydrogens (tertiary/aromatic N) is 1. The van der Waals surface area contributed by atoms with Crippen LogP contribution in [-0.4, -0.2) is 36.2 Å². The van der Waals surface area contributed by atoms with Gasteiger partial charge in [0.2, 0.25) is 0 Å². The molecule has 120 valence electrons. The van der Waals surface area contributed by atoms with Crippen molar-refractivity contribution in [3.8, 4) is 0 Å². The second-order valence-corrected chi connectivity index (χ2v) is 6.33. The van der Waals surface area contributed by atoms with Crippen LogP contribution in [0.1, 0.15) is 50.0 Å². The maximum atomic E-state index is 14.0. The molecule has 2 rings (SSSR count). The standard InChI is InChI=1S/C17H26FNO.ClH/c1-19(2)13-7-12-17(20)11-6-5-9-15(17)14-8-3-4-10-16(14)18;/h3-4,8,10,15,20H,5-7,9,11-13H2,1-2H3;1H. The van der Waals surface area contributed by atoms with Crippen molar-refractivity contribution in [2.75, 3.05) is 20.6 Å². The predicted octanol–water partition coefficient (Wildman–Crippen LogP) is 3.98. The van der Waals surface area contributed by atoms with E-state index in [4.69, 9.17) is 0 Å². The minimum atomic E-state index is -0.740. The van der Waals surface area contributed by atoms with E-state index in [1.807, 2.05) is 26.2 Å². The van der Waals surface area contributed by atoms with E-state index in [2.05, 4.69) is 4.90 Å². The van der Waals surface area contributed by atoms with E-state index in [0.717, 1.165) is 45.1 Å². The molecular weight excluding hydrogens is 289 g/mol. The lowest BCUT2D eigenvalue weighted by molar-refractivity contribution is -0.0279. The molecule has 1 saturated carbocycles. The fourth-order valence-electron chi connectivity index (χ4n) is 3.43. The zero-order chi connectivity index (χ0) is 14.6. The van der Waals surface area contributed by atoms with Crippen LogP contribution in [0.15, 0.2) is 24.3 Å². The molecule has 1 aliphatic carbocycles. The molecule has 1 aromatic rings. The van der Waals surface area contributed by atoms with Gasteiger partial charge in [0, 0.05) is 5.92 Å². The lowest BCUT2D eigenvalue weighted by Gasteiger charge is -2.41. The first-order valence-corrected chi connectivity index (χ1v) is 7.64. The van der Waals surface area contributed by atoms with Crippen molar-refractivity contribution >= 4 is 12.4 Å². The summed E-state index contributed by atoms with van der Waals surface area (Å²) in [6, 6.07) is 6.92. The Morgan fingerprint density at radius 1 is 1.29 bits per heavy atom. The average molecular weight is 316 g/mol. The molecule has 0 heterocycles. The van der Waals surface area contributed by atoms with Gasteiger partial charge in [-0.15, -0.1) is 12.4 Å². The normalized spacial score (nSPS) is 25.7. The lowest BCUT2D eigenvalue weighted by Crippen LogP contribution is -2.40. The molecule has 0 aliphatic heterocycles. The van der Waals surface area contributed by atoms with Crippen LogP contribution in [0, 0.1) is 5.82 Å². The van der Waals surface area contributed by atoms with Gasteiger partial charge in [0.15, 0.2) is 0 Å². The van der Waals surface area contributed by atoms with Crippen LogP contribution in [0.25, 0.3) is 0 Å². The molecule has 4 heteroatoms. The van der Waals surface area contributed by atoms with Gasteiger partial charge >= 0.3 is 0 Å². The first kappa shape index (κ1) is 18.4. The largest absolute Gasteiger partial charge is 0.389 e. The van der Waals surface area contributed by atoms with Gasteiger partial charge < -0.3 is 10.0 Å². The Bertz CT molecular complexity index is 441. The first-order chi connectivity index (χ1) is 9.53. The predicted molar refractivity (Wildman–Crippen MR) is 87.6 cm³/mol. The third-order valence-corrected chi connectivity index (χ3v) is 4.50. The zero-order valence-corrected chi connectivity index (χ0v) is 13.8. The van der Waals surface area contributed by atoms with Crippen LogP contribution in [-0.2, 0) is 0 Å². The second kappa shape index (κ2) is 8.11. The van der Waals surface area contributed by atoms with Gasteiger partial charge in [0.1, 0.15) is 5.82 Å².